The summed E-state index contributed by atoms with van der Waals surface area (Å²) in [5, 5.41) is 3.43. The van der Waals surface area contributed by atoms with Gasteiger partial charge in [0.2, 0.25) is 5.91 Å². The van der Waals surface area contributed by atoms with Crippen LogP contribution in [0.2, 0.25) is 0 Å². The molecule has 0 aromatic heterocycles. The van der Waals surface area contributed by atoms with Crippen LogP contribution in [0.1, 0.15) is 50.2 Å². The van der Waals surface area contributed by atoms with Gasteiger partial charge in [-0.1, -0.05) is 36.8 Å². The number of nitrogens with one attached hydrogen (secondary N) is 1. The molecule has 1 aromatic carbocycles. The van der Waals surface area contributed by atoms with E-state index in [1.165, 1.54) is 44.3 Å². The van der Waals surface area contributed by atoms with E-state index in [-0.39, 0.29) is 18.1 Å². The third-order valence-electron chi connectivity index (χ3n) is 7.36. The van der Waals surface area contributed by atoms with Crippen molar-refractivity contribution in [3.63, 3.8) is 0 Å². The van der Waals surface area contributed by atoms with Crippen LogP contribution < -0.4 is 5.32 Å². The summed E-state index contributed by atoms with van der Waals surface area (Å²) >= 11 is 0. The molecule has 4 heterocycles. The Kier molecular flexibility index (Phi) is 5.40. The van der Waals surface area contributed by atoms with Gasteiger partial charge in [0.05, 0.1) is 18.6 Å². The fourth-order valence-corrected chi connectivity index (χ4v) is 5.92. The summed E-state index contributed by atoms with van der Waals surface area (Å²) in [6, 6.07) is 11.7. The van der Waals surface area contributed by atoms with Gasteiger partial charge in [0.1, 0.15) is 0 Å². The topological polar surface area (TPSA) is 44.8 Å². The fraction of sp³-hybridized carbons (Fsp3) is 0.696. The number of fused-ring (bicyclic) bond motifs is 2. The van der Waals surface area contributed by atoms with E-state index in [1.54, 1.807) is 0 Å². The molecule has 5 heteroatoms. The Labute approximate surface area is 168 Å². The minimum absolute atomic E-state index is 0.154. The number of piperidine rings is 2. The minimum Gasteiger partial charge on any atom is -0.371 e. The smallest absolute Gasteiger partial charge is 0.224 e. The molecule has 5 atom stereocenters. The molecule has 0 bridgehead atoms. The maximum Gasteiger partial charge on any atom is 0.224 e. The van der Waals surface area contributed by atoms with Crippen LogP contribution in [0.3, 0.4) is 0 Å². The van der Waals surface area contributed by atoms with E-state index in [9.17, 15) is 4.79 Å². The number of hydrogen-bond acceptors (Lipinski definition) is 4. The monoisotopic (exact) mass is 383 g/mol. The number of carbonyl (C=O) groups excluding carboxylic acids is 1. The molecular formula is C23H33N3O2. The maximum absolute atomic E-state index is 13.1. The highest BCUT2D eigenvalue weighted by Crippen LogP contribution is 2.33. The average molecular weight is 384 g/mol. The summed E-state index contributed by atoms with van der Waals surface area (Å²) in [4.78, 5) is 18.2. The van der Waals surface area contributed by atoms with Gasteiger partial charge in [0, 0.05) is 31.2 Å². The lowest BCUT2D eigenvalue weighted by molar-refractivity contribution is -0.130. The van der Waals surface area contributed by atoms with Crippen LogP contribution in [-0.4, -0.2) is 66.6 Å². The quantitative estimate of drug-likeness (QED) is 0.871. The number of ether oxygens (including phenoxy) is 1. The van der Waals surface area contributed by atoms with Crippen LogP contribution in [0.5, 0.6) is 0 Å². The number of carbonyl (C=O) groups is 1. The molecule has 28 heavy (non-hydrogen) atoms. The molecule has 0 unspecified atom stereocenters. The fourth-order valence-electron chi connectivity index (χ4n) is 5.92. The lowest BCUT2D eigenvalue weighted by Crippen LogP contribution is -2.54. The first-order valence-corrected chi connectivity index (χ1v) is 11.2. The highest BCUT2D eigenvalue weighted by molar-refractivity contribution is 5.80. The van der Waals surface area contributed by atoms with Gasteiger partial charge in [-0.25, -0.2) is 0 Å². The number of benzene rings is 1. The third-order valence-corrected chi connectivity index (χ3v) is 7.36. The van der Waals surface area contributed by atoms with Crippen LogP contribution >= 0.6 is 0 Å². The number of amides is 1. The molecule has 5 rings (SSSR count). The molecule has 0 saturated carbocycles. The first kappa shape index (κ1) is 18.6. The molecule has 0 spiro atoms. The van der Waals surface area contributed by atoms with Crippen LogP contribution in [0, 0.1) is 5.92 Å². The van der Waals surface area contributed by atoms with Crippen molar-refractivity contribution in [2.75, 3.05) is 32.8 Å². The van der Waals surface area contributed by atoms with Gasteiger partial charge in [0.15, 0.2) is 0 Å². The Morgan fingerprint density at radius 2 is 1.86 bits per heavy atom. The van der Waals surface area contributed by atoms with Gasteiger partial charge in [-0.05, 0) is 50.8 Å². The molecule has 5 nitrogen and oxygen atoms in total. The first-order valence-electron chi connectivity index (χ1n) is 11.2. The maximum atomic E-state index is 13.1. The normalized spacial score (nSPS) is 36.5. The van der Waals surface area contributed by atoms with Crippen molar-refractivity contribution in [1.82, 2.24) is 15.1 Å². The predicted octanol–water partition coefficient (Wildman–Crippen LogP) is 2.58. The zero-order valence-corrected chi connectivity index (χ0v) is 16.8. The van der Waals surface area contributed by atoms with Gasteiger partial charge < -0.3 is 10.1 Å². The van der Waals surface area contributed by atoms with Crippen molar-refractivity contribution in [3.8, 4) is 0 Å². The highest BCUT2D eigenvalue weighted by atomic mass is 16.5. The van der Waals surface area contributed by atoms with Crippen molar-refractivity contribution in [3.05, 3.63) is 35.9 Å². The molecule has 0 aliphatic carbocycles. The van der Waals surface area contributed by atoms with E-state index in [0.717, 1.165) is 32.5 Å². The summed E-state index contributed by atoms with van der Waals surface area (Å²) in [5.41, 5.74) is 1.26. The van der Waals surface area contributed by atoms with Crippen molar-refractivity contribution in [2.24, 2.45) is 5.92 Å². The summed E-state index contributed by atoms with van der Waals surface area (Å²) < 4.78 is 6.16. The number of morpholine rings is 1. The molecule has 4 fully saturated rings. The zero-order valence-electron chi connectivity index (χ0n) is 16.8. The van der Waals surface area contributed by atoms with Crippen molar-refractivity contribution >= 4 is 5.91 Å². The van der Waals surface area contributed by atoms with E-state index in [2.05, 4.69) is 45.4 Å². The minimum atomic E-state index is 0.154. The molecule has 4 saturated heterocycles. The number of nitrogens with zero attached hydrogens (tertiary/aromatic N) is 2. The van der Waals surface area contributed by atoms with Crippen molar-refractivity contribution in [1.29, 1.82) is 0 Å². The molecule has 1 N–H and O–H groups in total. The second kappa shape index (κ2) is 8.13. The third kappa shape index (κ3) is 3.72. The molecule has 4 aliphatic rings. The Bertz CT molecular complexity index is 680. The summed E-state index contributed by atoms with van der Waals surface area (Å²) in [7, 11) is 0. The average Bonchev–Trinajstić information content (AvgIpc) is 3.15. The van der Waals surface area contributed by atoms with Crippen molar-refractivity contribution in [2.45, 2.75) is 62.8 Å². The Morgan fingerprint density at radius 3 is 2.75 bits per heavy atom. The van der Waals surface area contributed by atoms with Gasteiger partial charge in [-0.15, -0.1) is 0 Å². The van der Waals surface area contributed by atoms with Crippen LogP contribution in [0.4, 0.5) is 0 Å². The molecule has 0 radical (unpaired) electrons. The zero-order chi connectivity index (χ0) is 18.9. The van der Waals surface area contributed by atoms with E-state index in [0.29, 0.717) is 18.0 Å². The molecule has 1 amide bonds. The van der Waals surface area contributed by atoms with E-state index < -0.39 is 0 Å². The van der Waals surface area contributed by atoms with E-state index in [1.807, 2.05) is 0 Å². The van der Waals surface area contributed by atoms with E-state index >= 15 is 0 Å². The van der Waals surface area contributed by atoms with Gasteiger partial charge >= 0.3 is 0 Å². The predicted molar refractivity (Wildman–Crippen MR) is 109 cm³/mol. The Balaban J connectivity index is 1.18. The standard InChI is InChI=1S/C23H33N3O2/c27-23(20-9-6-12-25-11-5-4-10-21(20)25)24-18-13-19-16-28-22(15-26(19)14-18)17-7-2-1-3-8-17/h1-3,7-8,18-22H,4-6,9-16H2,(H,24,27)/t18-,19+,20-,21-,22-/m1/s1. The SMILES string of the molecule is O=C(N[C@@H]1C[C@H]2CO[C@@H](c3ccccc3)CN2C1)[C@@H]1CCCN2CCCC[C@H]12. The largest absolute Gasteiger partial charge is 0.371 e. The summed E-state index contributed by atoms with van der Waals surface area (Å²) in [6.45, 7) is 5.04. The number of rotatable bonds is 3. The van der Waals surface area contributed by atoms with Gasteiger partial charge in [0.25, 0.3) is 0 Å². The van der Waals surface area contributed by atoms with E-state index in [4.69, 9.17) is 4.74 Å². The summed E-state index contributed by atoms with van der Waals surface area (Å²) in [5.74, 6) is 0.502. The first-order chi connectivity index (χ1) is 13.8. The second-order valence-electron chi connectivity index (χ2n) is 9.13. The van der Waals surface area contributed by atoms with Gasteiger partial charge in [-0.2, -0.15) is 0 Å². The lowest BCUT2D eigenvalue weighted by atomic mass is 9.83. The van der Waals surface area contributed by atoms with Crippen molar-refractivity contribution < 1.29 is 9.53 Å². The molecule has 4 aliphatic heterocycles. The van der Waals surface area contributed by atoms with Crippen LogP contribution in [-0.2, 0) is 9.53 Å². The highest BCUT2D eigenvalue weighted by Gasteiger charge is 2.41. The van der Waals surface area contributed by atoms with Crippen LogP contribution in [0.15, 0.2) is 30.3 Å². The van der Waals surface area contributed by atoms with Crippen LogP contribution in [0.25, 0.3) is 0 Å². The molecule has 152 valence electrons. The Hall–Kier alpha value is -1.43. The van der Waals surface area contributed by atoms with Gasteiger partial charge in [-0.3, -0.25) is 14.6 Å². The number of hydrogen-bond donors (Lipinski definition) is 1. The summed E-state index contributed by atoms with van der Waals surface area (Å²) in [6.07, 6.45) is 7.18. The lowest BCUT2D eigenvalue weighted by Gasteiger charge is -2.43. The Morgan fingerprint density at radius 1 is 1.00 bits per heavy atom. The molecular weight excluding hydrogens is 350 g/mol. The second-order valence-corrected chi connectivity index (χ2v) is 9.13. The molecule has 1 aromatic rings.